The molecule has 10 nitrogen and oxygen atoms in total. The van der Waals surface area contributed by atoms with Gasteiger partial charge in [0, 0.05) is 13.1 Å². The van der Waals surface area contributed by atoms with Gasteiger partial charge in [0.15, 0.2) is 6.04 Å². The quantitative estimate of drug-likeness (QED) is 0.403. The van der Waals surface area contributed by atoms with Gasteiger partial charge in [-0.05, 0) is 43.9 Å². The summed E-state index contributed by atoms with van der Waals surface area (Å²) in [6, 6.07) is 2.48. The van der Waals surface area contributed by atoms with Crippen LogP contribution >= 0.6 is 0 Å². The normalized spacial score (nSPS) is 19.8. The van der Waals surface area contributed by atoms with Crippen molar-refractivity contribution in [2.45, 2.75) is 56.6 Å². The Morgan fingerprint density at radius 2 is 1.77 bits per heavy atom. The molecule has 3 N–H and O–H groups in total. The van der Waals surface area contributed by atoms with Crippen LogP contribution < -0.4 is 15.4 Å². The van der Waals surface area contributed by atoms with Crippen LogP contribution in [0.1, 0.15) is 37.9 Å². The van der Waals surface area contributed by atoms with Crippen molar-refractivity contribution in [2.24, 2.45) is 0 Å². The molecule has 0 bridgehead atoms. The summed E-state index contributed by atoms with van der Waals surface area (Å²) in [5.74, 6) is -2.10. The number of carbonyl (C=O) groups is 3. The Morgan fingerprint density at radius 3 is 2.29 bits per heavy atom. The molecular weight excluding hydrogens is 468 g/mol. The van der Waals surface area contributed by atoms with Crippen molar-refractivity contribution in [3.05, 3.63) is 29.8 Å². The molecule has 1 aromatic rings. The Balaban J connectivity index is 1.53. The minimum Gasteiger partial charge on any atom is -0.467 e. The van der Waals surface area contributed by atoms with Crippen LogP contribution in [0.25, 0.3) is 0 Å². The number of alkyl halides is 2. The summed E-state index contributed by atoms with van der Waals surface area (Å²) < 4.78 is 39.3. The largest absolute Gasteiger partial charge is 0.467 e. The lowest BCUT2D eigenvalue weighted by Gasteiger charge is -2.47. The van der Waals surface area contributed by atoms with Crippen molar-refractivity contribution < 1.29 is 42.5 Å². The van der Waals surface area contributed by atoms with Gasteiger partial charge in [0.2, 0.25) is 11.8 Å². The smallest absolute Gasteiger partial charge is 0.387 e. The predicted octanol–water partition coefficient (Wildman–Crippen LogP) is 0.739. The van der Waals surface area contributed by atoms with Crippen molar-refractivity contribution in [1.29, 1.82) is 0 Å². The number of carbonyl (C=O) groups excluding carboxylic acids is 3. The molecule has 0 saturated carbocycles. The molecule has 0 aromatic heterocycles. The molecule has 2 amide bonds. The first-order chi connectivity index (χ1) is 16.6. The lowest BCUT2D eigenvalue weighted by Crippen LogP contribution is -2.55. The van der Waals surface area contributed by atoms with Crippen LogP contribution in [0.2, 0.25) is 0 Å². The number of hydrogen-bond acceptors (Lipinski definition) is 8. The Morgan fingerprint density at radius 1 is 1.14 bits per heavy atom. The molecule has 0 aliphatic carbocycles. The molecule has 2 aliphatic heterocycles. The van der Waals surface area contributed by atoms with E-state index in [2.05, 4.69) is 20.1 Å². The van der Waals surface area contributed by atoms with Crippen LogP contribution in [-0.4, -0.2) is 85.4 Å². The van der Waals surface area contributed by atoms with Crippen molar-refractivity contribution >= 4 is 17.8 Å². The molecule has 2 aliphatic rings. The Kier molecular flexibility index (Phi) is 8.98. The highest BCUT2D eigenvalue weighted by molar-refractivity contribution is 5.91. The molecule has 3 atom stereocenters. The van der Waals surface area contributed by atoms with Crippen molar-refractivity contribution in [3.8, 4) is 5.75 Å². The minimum atomic E-state index is -3.01. The molecule has 1 spiro atoms. The molecule has 3 rings (SSSR count). The maximum absolute atomic E-state index is 12.7. The van der Waals surface area contributed by atoms with Gasteiger partial charge in [-0.1, -0.05) is 12.1 Å². The van der Waals surface area contributed by atoms with Gasteiger partial charge >= 0.3 is 12.6 Å². The Labute approximate surface area is 201 Å². The Bertz CT molecular complexity index is 886. The van der Waals surface area contributed by atoms with Crippen molar-refractivity contribution in [1.82, 2.24) is 15.5 Å². The van der Waals surface area contributed by atoms with Gasteiger partial charge in [-0.3, -0.25) is 14.5 Å². The van der Waals surface area contributed by atoms with E-state index >= 15 is 0 Å². The van der Waals surface area contributed by atoms with Gasteiger partial charge in [0.05, 0.1) is 25.9 Å². The van der Waals surface area contributed by atoms with Gasteiger partial charge in [-0.15, -0.1) is 0 Å². The number of aliphatic hydroxyl groups excluding tert-OH is 1. The fourth-order valence-corrected chi connectivity index (χ4v) is 4.17. The zero-order chi connectivity index (χ0) is 25.6. The first-order valence-corrected chi connectivity index (χ1v) is 11.4. The van der Waals surface area contributed by atoms with Gasteiger partial charge in [0.1, 0.15) is 17.9 Å². The minimum absolute atomic E-state index is 0.0276. The van der Waals surface area contributed by atoms with E-state index in [0.717, 1.165) is 46.1 Å². The molecule has 2 fully saturated rings. The number of methoxy groups -OCH3 is 1. The van der Waals surface area contributed by atoms with Crippen LogP contribution in [-0.2, 0) is 23.9 Å². The van der Waals surface area contributed by atoms with E-state index < -0.39 is 36.7 Å². The second-order valence-electron chi connectivity index (χ2n) is 8.75. The SMILES string of the molecule is COC(=O)[C@@H](NC(=O)[C@H](C)NC(=O)CN1CCC2(CCO2)CC1)[C@H](O)c1ccc(OC(F)F)cc1. The van der Waals surface area contributed by atoms with E-state index in [0.29, 0.717) is 0 Å². The maximum Gasteiger partial charge on any atom is 0.387 e. The van der Waals surface area contributed by atoms with Gasteiger partial charge < -0.3 is 30.0 Å². The zero-order valence-corrected chi connectivity index (χ0v) is 19.7. The first kappa shape index (κ1) is 26.8. The highest BCUT2D eigenvalue weighted by Gasteiger charge is 2.41. The summed E-state index contributed by atoms with van der Waals surface area (Å²) in [7, 11) is 1.09. The van der Waals surface area contributed by atoms with Crippen LogP contribution in [0.3, 0.4) is 0 Å². The number of rotatable bonds is 10. The van der Waals surface area contributed by atoms with E-state index in [9.17, 15) is 28.3 Å². The van der Waals surface area contributed by atoms with Crippen LogP contribution in [0.5, 0.6) is 5.75 Å². The summed E-state index contributed by atoms with van der Waals surface area (Å²) in [5, 5.41) is 15.6. The third-order valence-electron chi connectivity index (χ3n) is 6.39. The second-order valence-corrected chi connectivity index (χ2v) is 8.75. The fraction of sp³-hybridized carbons (Fsp3) is 0.609. The summed E-state index contributed by atoms with van der Waals surface area (Å²) in [4.78, 5) is 39.3. The molecule has 35 heavy (non-hydrogen) atoms. The third kappa shape index (κ3) is 7.09. The molecular formula is C23H31F2N3O7. The molecule has 1 aromatic carbocycles. The summed E-state index contributed by atoms with van der Waals surface area (Å²) >= 11 is 0. The zero-order valence-electron chi connectivity index (χ0n) is 19.7. The van der Waals surface area contributed by atoms with Crippen LogP contribution in [0.4, 0.5) is 8.78 Å². The molecule has 194 valence electrons. The molecule has 2 heterocycles. The van der Waals surface area contributed by atoms with Gasteiger partial charge in [-0.25, -0.2) is 4.79 Å². The fourth-order valence-electron chi connectivity index (χ4n) is 4.17. The monoisotopic (exact) mass is 499 g/mol. The number of halogens is 2. The van der Waals surface area contributed by atoms with Gasteiger partial charge in [-0.2, -0.15) is 8.78 Å². The molecule has 0 radical (unpaired) electrons. The van der Waals surface area contributed by atoms with Gasteiger partial charge in [0.25, 0.3) is 0 Å². The van der Waals surface area contributed by atoms with Crippen LogP contribution in [0.15, 0.2) is 24.3 Å². The summed E-state index contributed by atoms with van der Waals surface area (Å²) in [6.07, 6.45) is 1.24. The first-order valence-electron chi connectivity index (χ1n) is 11.4. The molecule has 0 unspecified atom stereocenters. The number of amides is 2. The van der Waals surface area contributed by atoms with E-state index in [1.165, 1.54) is 31.2 Å². The highest BCUT2D eigenvalue weighted by atomic mass is 19.3. The number of hydrogen-bond donors (Lipinski definition) is 3. The number of ether oxygens (including phenoxy) is 3. The Hall–Kier alpha value is -2.83. The average molecular weight is 500 g/mol. The number of nitrogens with zero attached hydrogens (tertiary/aromatic N) is 1. The van der Waals surface area contributed by atoms with E-state index in [4.69, 9.17) is 4.74 Å². The highest BCUT2D eigenvalue weighted by Crippen LogP contribution is 2.36. The number of benzene rings is 1. The molecule has 2 saturated heterocycles. The number of aliphatic hydroxyl groups is 1. The van der Waals surface area contributed by atoms with E-state index in [-0.39, 0.29) is 29.4 Å². The number of nitrogens with one attached hydrogen (secondary N) is 2. The maximum atomic E-state index is 12.7. The standard InChI is InChI=1S/C23H31F2N3O7/c1-14(26-17(29)13-28-10-7-23(8-11-28)9-12-34-23)20(31)27-18(21(32)33-2)19(30)15-3-5-16(6-4-15)35-22(24)25/h3-6,14,18-19,22,30H,7-13H2,1-2H3,(H,26,29)(H,27,31)/t14-,18-,19+/m0/s1. The average Bonchev–Trinajstić information content (AvgIpc) is 2.81. The summed E-state index contributed by atoms with van der Waals surface area (Å²) in [6.45, 7) is 0.819. The second kappa shape index (κ2) is 11.7. The third-order valence-corrected chi connectivity index (χ3v) is 6.39. The topological polar surface area (TPSA) is 126 Å². The number of piperidine rings is 1. The van der Waals surface area contributed by atoms with E-state index in [1.54, 1.807) is 0 Å². The summed E-state index contributed by atoms with van der Waals surface area (Å²) in [5.41, 5.74) is 0.137. The molecule has 12 heteroatoms. The number of likely N-dealkylation sites (tertiary alicyclic amines) is 1. The lowest BCUT2D eigenvalue weighted by atomic mass is 9.84. The number of esters is 1. The van der Waals surface area contributed by atoms with Crippen LogP contribution in [0, 0.1) is 0 Å². The van der Waals surface area contributed by atoms with E-state index in [1.807, 2.05) is 4.90 Å². The lowest BCUT2D eigenvalue weighted by molar-refractivity contribution is -0.173. The van der Waals surface area contributed by atoms with Crippen molar-refractivity contribution in [3.63, 3.8) is 0 Å². The predicted molar refractivity (Wildman–Crippen MR) is 119 cm³/mol. The van der Waals surface area contributed by atoms with Crippen molar-refractivity contribution in [2.75, 3.05) is 33.4 Å².